The van der Waals surface area contributed by atoms with Crippen molar-refractivity contribution in [1.29, 1.82) is 0 Å². The maximum absolute atomic E-state index is 12.4. The average Bonchev–Trinajstić information content (AvgIpc) is 3.27. The molecule has 0 bridgehead atoms. The van der Waals surface area contributed by atoms with Crippen LogP contribution in [0, 0.1) is 6.92 Å². The minimum Gasteiger partial charge on any atom is -0.355 e. The number of nitrogens with zero attached hydrogens (tertiary/aromatic N) is 2. The first-order chi connectivity index (χ1) is 12.0. The van der Waals surface area contributed by atoms with Gasteiger partial charge in [-0.25, -0.2) is 0 Å². The molecule has 0 saturated heterocycles. The van der Waals surface area contributed by atoms with Crippen LogP contribution in [0.25, 0.3) is 11.3 Å². The van der Waals surface area contributed by atoms with Gasteiger partial charge in [-0.15, -0.1) is 11.3 Å². The number of aryl methyl sites for hydroxylation is 1. The van der Waals surface area contributed by atoms with E-state index in [1.807, 2.05) is 56.7 Å². The van der Waals surface area contributed by atoms with E-state index in [-0.39, 0.29) is 11.9 Å². The van der Waals surface area contributed by atoms with E-state index in [4.69, 9.17) is 4.52 Å². The number of nitrogens with one attached hydrogen (secondary N) is 1. The van der Waals surface area contributed by atoms with Crippen LogP contribution in [-0.2, 0) is 0 Å². The second-order valence-electron chi connectivity index (χ2n) is 6.15. The van der Waals surface area contributed by atoms with E-state index in [1.54, 1.807) is 17.4 Å². The summed E-state index contributed by atoms with van der Waals surface area (Å²) in [5.74, 6) is 0.359. The number of hydrogen-bond acceptors (Lipinski definition) is 5. The smallest absolute Gasteiger partial charge is 0.273 e. The van der Waals surface area contributed by atoms with E-state index in [0.717, 1.165) is 5.56 Å². The van der Waals surface area contributed by atoms with Crippen LogP contribution in [-0.4, -0.2) is 36.6 Å². The van der Waals surface area contributed by atoms with Crippen molar-refractivity contribution in [2.75, 3.05) is 20.6 Å². The fourth-order valence-electron chi connectivity index (χ4n) is 2.53. The molecule has 2 heterocycles. The van der Waals surface area contributed by atoms with E-state index in [0.29, 0.717) is 18.0 Å². The van der Waals surface area contributed by atoms with Crippen LogP contribution in [0.1, 0.15) is 27.0 Å². The first kappa shape index (κ1) is 17.4. The molecule has 1 N–H and O–H groups in total. The van der Waals surface area contributed by atoms with Gasteiger partial charge in [0.1, 0.15) is 0 Å². The molecule has 0 aliphatic carbocycles. The highest BCUT2D eigenvalue weighted by molar-refractivity contribution is 7.10. The van der Waals surface area contributed by atoms with Crippen molar-refractivity contribution >= 4 is 17.2 Å². The summed E-state index contributed by atoms with van der Waals surface area (Å²) in [4.78, 5) is 15.7. The third-order valence-electron chi connectivity index (χ3n) is 4.03. The monoisotopic (exact) mass is 355 g/mol. The van der Waals surface area contributed by atoms with Crippen LogP contribution in [0.2, 0.25) is 0 Å². The fourth-order valence-corrected chi connectivity index (χ4v) is 3.46. The molecule has 6 heteroatoms. The minimum atomic E-state index is -0.231. The predicted octanol–water partition coefficient (Wildman–Crippen LogP) is 3.74. The highest BCUT2D eigenvalue weighted by Crippen LogP contribution is 2.23. The lowest BCUT2D eigenvalue weighted by Gasteiger charge is -2.23. The molecule has 0 radical (unpaired) electrons. The molecule has 2 aromatic heterocycles. The van der Waals surface area contributed by atoms with Crippen molar-refractivity contribution < 1.29 is 9.32 Å². The Balaban J connectivity index is 1.66. The molecule has 0 spiro atoms. The summed E-state index contributed by atoms with van der Waals surface area (Å²) in [6.45, 7) is 2.54. The molecule has 0 aliphatic rings. The standard InChI is InChI=1S/C19H21N3O2S/c1-13-6-8-14(9-7-13)17-11-15(21-24-17)19(23)20-12-16(22(2)3)18-5-4-10-25-18/h4-11,16H,12H2,1-3H3,(H,20,23). The van der Waals surface area contributed by atoms with E-state index in [2.05, 4.69) is 21.4 Å². The Hall–Kier alpha value is -2.44. The van der Waals surface area contributed by atoms with Crippen molar-refractivity contribution in [3.8, 4) is 11.3 Å². The number of amides is 1. The van der Waals surface area contributed by atoms with E-state index < -0.39 is 0 Å². The Morgan fingerprint density at radius 3 is 2.68 bits per heavy atom. The zero-order valence-corrected chi connectivity index (χ0v) is 15.3. The zero-order chi connectivity index (χ0) is 17.8. The molecule has 1 aromatic carbocycles. The van der Waals surface area contributed by atoms with Gasteiger partial charge < -0.3 is 14.7 Å². The Kier molecular flexibility index (Phi) is 5.31. The third-order valence-corrected chi connectivity index (χ3v) is 5.00. The maximum Gasteiger partial charge on any atom is 0.273 e. The molecule has 1 amide bonds. The topological polar surface area (TPSA) is 58.4 Å². The summed E-state index contributed by atoms with van der Waals surface area (Å²) in [5.41, 5.74) is 2.37. The molecule has 0 fully saturated rings. The molecule has 130 valence electrons. The number of rotatable bonds is 6. The second-order valence-corrected chi connectivity index (χ2v) is 7.13. The van der Waals surface area contributed by atoms with E-state index in [9.17, 15) is 4.79 Å². The van der Waals surface area contributed by atoms with Crippen molar-refractivity contribution in [3.05, 3.63) is 64.0 Å². The number of carbonyl (C=O) groups excluding carboxylic acids is 1. The van der Waals surface area contributed by atoms with Crippen LogP contribution >= 0.6 is 11.3 Å². The predicted molar refractivity (Wildman–Crippen MR) is 99.8 cm³/mol. The van der Waals surface area contributed by atoms with Gasteiger partial charge in [0.15, 0.2) is 11.5 Å². The molecular formula is C19H21N3O2S. The highest BCUT2D eigenvalue weighted by Gasteiger charge is 2.19. The number of benzene rings is 1. The highest BCUT2D eigenvalue weighted by atomic mass is 32.1. The Bertz CT molecular complexity index is 823. The molecule has 3 aromatic rings. The van der Waals surface area contributed by atoms with Crippen molar-refractivity contribution in [2.45, 2.75) is 13.0 Å². The Morgan fingerprint density at radius 1 is 1.28 bits per heavy atom. The normalized spacial score (nSPS) is 12.3. The molecule has 3 rings (SSSR count). The van der Waals surface area contributed by atoms with Crippen LogP contribution in [0.3, 0.4) is 0 Å². The van der Waals surface area contributed by atoms with Crippen LogP contribution in [0.4, 0.5) is 0 Å². The summed E-state index contributed by atoms with van der Waals surface area (Å²) < 4.78 is 5.32. The molecule has 5 nitrogen and oxygen atoms in total. The number of thiophene rings is 1. The first-order valence-corrected chi connectivity index (χ1v) is 8.94. The number of carbonyl (C=O) groups is 1. The van der Waals surface area contributed by atoms with Gasteiger partial charge in [0.25, 0.3) is 5.91 Å². The Labute approximate surface area is 151 Å². The molecule has 1 unspecified atom stereocenters. The van der Waals surface area contributed by atoms with Gasteiger partial charge in [-0.2, -0.15) is 0 Å². The summed E-state index contributed by atoms with van der Waals surface area (Å²) in [6, 6.07) is 13.8. The van der Waals surface area contributed by atoms with E-state index in [1.165, 1.54) is 10.4 Å². The van der Waals surface area contributed by atoms with Crippen LogP contribution in [0.5, 0.6) is 0 Å². The van der Waals surface area contributed by atoms with Crippen molar-refractivity contribution in [2.24, 2.45) is 0 Å². The van der Waals surface area contributed by atoms with Gasteiger partial charge in [0.2, 0.25) is 0 Å². The first-order valence-electron chi connectivity index (χ1n) is 8.06. The molecular weight excluding hydrogens is 334 g/mol. The lowest BCUT2D eigenvalue weighted by Crippen LogP contribution is -2.34. The molecule has 1 atom stereocenters. The number of aromatic nitrogens is 1. The van der Waals surface area contributed by atoms with Gasteiger partial charge in [0.05, 0.1) is 6.04 Å². The zero-order valence-electron chi connectivity index (χ0n) is 14.5. The summed E-state index contributed by atoms with van der Waals surface area (Å²) in [5, 5.41) is 8.89. The SMILES string of the molecule is Cc1ccc(-c2cc(C(=O)NCC(c3cccs3)N(C)C)no2)cc1. The summed E-state index contributed by atoms with van der Waals surface area (Å²) in [7, 11) is 4.00. The lowest BCUT2D eigenvalue weighted by molar-refractivity contribution is 0.0933. The average molecular weight is 355 g/mol. The molecule has 0 aliphatic heterocycles. The van der Waals surface area contributed by atoms with Crippen LogP contribution in [0.15, 0.2) is 52.4 Å². The van der Waals surface area contributed by atoms with Gasteiger partial charge in [-0.05, 0) is 32.5 Å². The van der Waals surface area contributed by atoms with Gasteiger partial charge in [0, 0.05) is 23.1 Å². The quantitative estimate of drug-likeness (QED) is 0.732. The van der Waals surface area contributed by atoms with Gasteiger partial charge >= 0.3 is 0 Å². The summed E-state index contributed by atoms with van der Waals surface area (Å²) in [6.07, 6.45) is 0. The summed E-state index contributed by atoms with van der Waals surface area (Å²) >= 11 is 1.68. The van der Waals surface area contributed by atoms with Gasteiger partial charge in [-0.1, -0.05) is 41.1 Å². The van der Waals surface area contributed by atoms with Crippen LogP contribution < -0.4 is 5.32 Å². The Morgan fingerprint density at radius 2 is 2.04 bits per heavy atom. The number of likely N-dealkylation sites (N-methyl/N-ethyl adjacent to an activating group) is 1. The largest absolute Gasteiger partial charge is 0.355 e. The van der Waals surface area contributed by atoms with E-state index >= 15 is 0 Å². The minimum absolute atomic E-state index is 0.132. The fraction of sp³-hybridized carbons (Fsp3) is 0.263. The van der Waals surface area contributed by atoms with Gasteiger partial charge in [-0.3, -0.25) is 4.79 Å². The van der Waals surface area contributed by atoms with Crippen molar-refractivity contribution in [1.82, 2.24) is 15.4 Å². The lowest BCUT2D eigenvalue weighted by atomic mass is 10.1. The third kappa shape index (κ3) is 4.15. The number of hydrogen-bond donors (Lipinski definition) is 1. The maximum atomic E-state index is 12.4. The molecule has 0 saturated carbocycles. The van der Waals surface area contributed by atoms with Crippen molar-refractivity contribution in [3.63, 3.8) is 0 Å². The second kappa shape index (κ2) is 7.63. The molecule has 25 heavy (non-hydrogen) atoms.